The number of anilines is 1. The number of para-hydroxylation sites is 1. The van der Waals surface area contributed by atoms with Crippen molar-refractivity contribution in [2.75, 3.05) is 5.32 Å². The van der Waals surface area contributed by atoms with Crippen LogP contribution in [0.15, 0.2) is 60.8 Å². The zero-order valence-electron chi connectivity index (χ0n) is 12.7. The average molecular weight is 336 g/mol. The number of amides is 1. The second kappa shape index (κ2) is 5.98. The number of halogens is 1. The number of hydrogen-bond acceptors (Lipinski definition) is 2. The van der Waals surface area contributed by atoms with Crippen LogP contribution in [0.4, 0.5) is 5.82 Å². The monoisotopic (exact) mass is 335 g/mol. The van der Waals surface area contributed by atoms with Crippen molar-refractivity contribution < 1.29 is 4.79 Å². The maximum absolute atomic E-state index is 12.3. The summed E-state index contributed by atoms with van der Waals surface area (Å²) in [6.07, 6.45) is 2.10. The smallest absolute Gasteiger partial charge is 0.230 e. The predicted octanol–water partition coefficient (Wildman–Crippen LogP) is 4.55. The SMILES string of the molecule is O=C(Cc1c[nH]c2ccc(Cl)cc12)Nc1ccc2ccccc2n1. The van der Waals surface area contributed by atoms with Gasteiger partial charge in [-0.1, -0.05) is 29.8 Å². The number of nitrogens with zero attached hydrogens (tertiary/aromatic N) is 1. The molecule has 0 saturated heterocycles. The van der Waals surface area contributed by atoms with E-state index in [0.29, 0.717) is 10.8 Å². The molecule has 0 saturated carbocycles. The summed E-state index contributed by atoms with van der Waals surface area (Å²) in [4.78, 5) is 20.0. The van der Waals surface area contributed by atoms with Crippen LogP contribution in [0.2, 0.25) is 5.02 Å². The summed E-state index contributed by atoms with van der Waals surface area (Å²) >= 11 is 6.04. The van der Waals surface area contributed by atoms with Gasteiger partial charge in [-0.25, -0.2) is 4.98 Å². The first-order valence-electron chi connectivity index (χ1n) is 7.60. The zero-order valence-corrected chi connectivity index (χ0v) is 13.5. The Kier molecular flexibility index (Phi) is 3.67. The van der Waals surface area contributed by atoms with Crippen molar-refractivity contribution in [2.45, 2.75) is 6.42 Å². The van der Waals surface area contributed by atoms with Gasteiger partial charge >= 0.3 is 0 Å². The summed E-state index contributed by atoms with van der Waals surface area (Å²) in [5, 5.41) is 5.51. The van der Waals surface area contributed by atoms with Crippen LogP contribution in [0.25, 0.3) is 21.8 Å². The van der Waals surface area contributed by atoms with Crippen LogP contribution in [0.3, 0.4) is 0 Å². The van der Waals surface area contributed by atoms with Gasteiger partial charge in [-0.05, 0) is 42.0 Å². The average Bonchev–Trinajstić information content (AvgIpc) is 2.97. The predicted molar refractivity (Wildman–Crippen MR) is 97.4 cm³/mol. The van der Waals surface area contributed by atoms with Gasteiger partial charge in [-0.2, -0.15) is 0 Å². The topological polar surface area (TPSA) is 57.8 Å². The van der Waals surface area contributed by atoms with E-state index in [4.69, 9.17) is 11.6 Å². The van der Waals surface area contributed by atoms with Crippen molar-refractivity contribution in [2.24, 2.45) is 0 Å². The van der Waals surface area contributed by atoms with Crippen molar-refractivity contribution in [3.63, 3.8) is 0 Å². The molecule has 0 fully saturated rings. The number of aromatic nitrogens is 2. The summed E-state index contributed by atoms with van der Waals surface area (Å²) in [6, 6.07) is 17.2. The van der Waals surface area contributed by atoms with E-state index in [-0.39, 0.29) is 12.3 Å². The number of carbonyl (C=O) groups excluding carboxylic acids is 1. The molecule has 24 heavy (non-hydrogen) atoms. The van der Waals surface area contributed by atoms with Crippen LogP contribution in [-0.4, -0.2) is 15.9 Å². The molecule has 2 aromatic heterocycles. The molecule has 2 N–H and O–H groups in total. The largest absolute Gasteiger partial charge is 0.361 e. The summed E-state index contributed by atoms with van der Waals surface area (Å²) in [6.45, 7) is 0. The molecular weight excluding hydrogens is 322 g/mol. The fourth-order valence-electron chi connectivity index (χ4n) is 2.79. The minimum atomic E-state index is -0.112. The van der Waals surface area contributed by atoms with Crippen molar-refractivity contribution in [3.8, 4) is 0 Å². The molecule has 2 heterocycles. The van der Waals surface area contributed by atoms with E-state index < -0.39 is 0 Å². The third-order valence-corrected chi connectivity index (χ3v) is 4.18. The maximum atomic E-state index is 12.3. The van der Waals surface area contributed by atoms with Gasteiger partial charge in [0, 0.05) is 27.5 Å². The number of pyridine rings is 1. The summed E-state index contributed by atoms with van der Waals surface area (Å²) in [5.74, 6) is 0.440. The van der Waals surface area contributed by atoms with Gasteiger partial charge in [0.1, 0.15) is 5.82 Å². The standard InChI is InChI=1S/C19H14ClN3O/c20-14-6-7-17-15(10-14)13(11-21-17)9-19(24)23-18-8-5-12-3-1-2-4-16(12)22-18/h1-8,10-11,21H,9H2,(H,22,23,24). The van der Waals surface area contributed by atoms with E-state index in [1.807, 2.05) is 60.8 Å². The third-order valence-electron chi connectivity index (χ3n) is 3.95. The Bertz CT molecular complexity index is 1050. The van der Waals surface area contributed by atoms with Gasteiger partial charge in [-0.15, -0.1) is 0 Å². The highest BCUT2D eigenvalue weighted by Crippen LogP contribution is 2.23. The van der Waals surface area contributed by atoms with Crippen molar-refractivity contribution in [3.05, 3.63) is 71.4 Å². The molecule has 0 spiro atoms. The van der Waals surface area contributed by atoms with Crippen LogP contribution in [0.1, 0.15) is 5.56 Å². The first-order chi connectivity index (χ1) is 11.7. The Hall–Kier alpha value is -2.85. The second-order valence-electron chi connectivity index (χ2n) is 5.62. The van der Waals surface area contributed by atoms with Gasteiger partial charge in [0.15, 0.2) is 0 Å². The Morgan fingerprint density at radius 1 is 1.12 bits per heavy atom. The van der Waals surface area contributed by atoms with E-state index in [2.05, 4.69) is 15.3 Å². The number of rotatable bonds is 3. The van der Waals surface area contributed by atoms with Gasteiger partial charge in [-0.3, -0.25) is 4.79 Å². The molecule has 4 nitrogen and oxygen atoms in total. The lowest BCUT2D eigenvalue weighted by atomic mass is 10.1. The Balaban J connectivity index is 1.55. The lowest BCUT2D eigenvalue weighted by molar-refractivity contribution is -0.115. The summed E-state index contributed by atoms with van der Waals surface area (Å²) < 4.78 is 0. The lowest BCUT2D eigenvalue weighted by Crippen LogP contribution is -2.15. The zero-order chi connectivity index (χ0) is 16.5. The summed E-state index contributed by atoms with van der Waals surface area (Å²) in [5.41, 5.74) is 2.73. The quantitative estimate of drug-likeness (QED) is 0.577. The first-order valence-corrected chi connectivity index (χ1v) is 7.98. The molecule has 118 valence electrons. The van der Waals surface area contributed by atoms with Crippen LogP contribution < -0.4 is 5.32 Å². The van der Waals surface area contributed by atoms with Gasteiger partial charge < -0.3 is 10.3 Å². The highest BCUT2D eigenvalue weighted by molar-refractivity contribution is 6.31. The van der Waals surface area contributed by atoms with E-state index in [0.717, 1.165) is 27.4 Å². The third kappa shape index (κ3) is 2.84. The number of carbonyl (C=O) groups is 1. The molecule has 5 heteroatoms. The molecule has 2 aromatic carbocycles. The highest BCUT2D eigenvalue weighted by Gasteiger charge is 2.10. The van der Waals surface area contributed by atoms with Gasteiger partial charge in [0.05, 0.1) is 11.9 Å². The number of hydrogen-bond donors (Lipinski definition) is 2. The number of benzene rings is 2. The first kappa shape index (κ1) is 14.7. The second-order valence-corrected chi connectivity index (χ2v) is 6.05. The normalized spacial score (nSPS) is 11.0. The van der Waals surface area contributed by atoms with E-state index in [9.17, 15) is 4.79 Å². The van der Waals surface area contributed by atoms with Crippen LogP contribution in [-0.2, 0) is 11.2 Å². The number of fused-ring (bicyclic) bond motifs is 2. The number of nitrogens with one attached hydrogen (secondary N) is 2. The van der Waals surface area contributed by atoms with Crippen molar-refractivity contribution >= 4 is 45.1 Å². The number of aromatic amines is 1. The number of H-pyrrole nitrogens is 1. The summed E-state index contributed by atoms with van der Waals surface area (Å²) in [7, 11) is 0. The minimum Gasteiger partial charge on any atom is -0.361 e. The van der Waals surface area contributed by atoms with Gasteiger partial charge in [0.25, 0.3) is 0 Å². The van der Waals surface area contributed by atoms with E-state index >= 15 is 0 Å². The molecule has 1 amide bonds. The maximum Gasteiger partial charge on any atom is 0.230 e. The Morgan fingerprint density at radius 2 is 2.00 bits per heavy atom. The molecule has 0 aliphatic carbocycles. The van der Waals surface area contributed by atoms with Gasteiger partial charge in [0.2, 0.25) is 5.91 Å². The molecular formula is C19H14ClN3O. The van der Waals surface area contributed by atoms with Crippen LogP contribution in [0.5, 0.6) is 0 Å². The Morgan fingerprint density at radius 3 is 2.92 bits per heavy atom. The van der Waals surface area contributed by atoms with Crippen molar-refractivity contribution in [1.82, 2.24) is 9.97 Å². The van der Waals surface area contributed by atoms with Crippen LogP contribution >= 0.6 is 11.6 Å². The molecule has 4 rings (SSSR count). The van der Waals surface area contributed by atoms with Crippen LogP contribution in [0, 0.1) is 0 Å². The van der Waals surface area contributed by atoms with Crippen molar-refractivity contribution in [1.29, 1.82) is 0 Å². The minimum absolute atomic E-state index is 0.112. The lowest BCUT2D eigenvalue weighted by Gasteiger charge is -2.05. The molecule has 0 atom stereocenters. The molecule has 0 radical (unpaired) electrons. The van der Waals surface area contributed by atoms with E-state index in [1.54, 1.807) is 0 Å². The van der Waals surface area contributed by atoms with E-state index in [1.165, 1.54) is 0 Å². The fraction of sp³-hybridized carbons (Fsp3) is 0.0526. The molecule has 0 unspecified atom stereocenters. The Labute approximate surface area is 143 Å². The highest BCUT2D eigenvalue weighted by atomic mass is 35.5. The molecule has 0 bridgehead atoms. The molecule has 0 aliphatic rings. The molecule has 0 aliphatic heterocycles. The molecule has 4 aromatic rings. The fourth-order valence-corrected chi connectivity index (χ4v) is 2.96.